The Morgan fingerprint density at radius 2 is 1.69 bits per heavy atom. The van der Waals surface area contributed by atoms with Crippen molar-refractivity contribution in [3.05, 3.63) is 82.6 Å². The number of ether oxygens (including phenoxy) is 3. The average Bonchev–Trinajstić information content (AvgIpc) is 2.95. The molecular formula is C30H27ClFN3O7. The summed E-state index contributed by atoms with van der Waals surface area (Å²) in [4.78, 5) is 52.2. The molecule has 0 aromatic heterocycles. The highest BCUT2D eigenvalue weighted by Gasteiger charge is 2.37. The predicted octanol–water partition coefficient (Wildman–Crippen LogP) is 5.35. The Labute approximate surface area is 246 Å². The molecule has 0 bridgehead atoms. The van der Waals surface area contributed by atoms with Gasteiger partial charge in [0, 0.05) is 22.3 Å². The van der Waals surface area contributed by atoms with E-state index in [1.54, 1.807) is 13.0 Å². The smallest absolute Gasteiger partial charge is 0.335 e. The Hall–Kier alpha value is -4.90. The highest BCUT2D eigenvalue weighted by molar-refractivity contribution is 6.39. The van der Waals surface area contributed by atoms with E-state index in [4.69, 9.17) is 25.8 Å². The highest BCUT2D eigenvalue weighted by Crippen LogP contribution is 2.34. The van der Waals surface area contributed by atoms with Crippen LogP contribution in [0.2, 0.25) is 5.02 Å². The average molecular weight is 596 g/mol. The van der Waals surface area contributed by atoms with Gasteiger partial charge in [-0.15, -0.1) is 0 Å². The van der Waals surface area contributed by atoms with Gasteiger partial charge in [0.05, 0.1) is 18.9 Å². The van der Waals surface area contributed by atoms with Crippen molar-refractivity contribution in [1.29, 1.82) is 0 Å². The molecule has 4 rings (SSSR count). The van der Waals surface area contributed by atoms with E-state index in [2.05, 4.69) is 10.6 Å². The third-order valence-corrected chi connectivity index (χ3v) is 6.04. The number of imide groups is 2. The molecule has 5 amide bonds. The number of benzene rings is 3. The molecule has 10 nitrogen and oxygen atoms in total. The lowest BCUT2D eigenvalue weighted by atomic mass is 10.1. The number of hydrogen-bond donors (Lipinski definition) is 2. The first kappa shape index (κ1) is 30.1. The second-order valence-corrected chi connectivity index (χ2v) is 9.33. The lowest BCUT2D eigenvalue weighted by molar-refractivity contribution is -0.122. The van der Waals surface area contributed by atoms with Crippen LogP contribution >= 0.6 is 11.6 Å². The van der Waals surface area contributed by atoms with Crippen LogP contribution in [0.15, 0.2) is 66.2 Å². The maximum Gasteiger partial charge on any atom is 0.335 e. The van der Waals surface area contributed by atoms with Crippen LogP contribution in [-0.4, -0.2) is 43.6 Å². The lowest BCUT2D eigenvalue weighted by Crippen LogP contribution is -2.54. The summed E-state index contributed by atoms with van der Waals surface area (Å²) in [5.41, 5.74) is 0.364. The minimum Gasteiger partial charge on any atom is -0.490 e. The van der Waals surface area contributed by atoms with Gasteiger partial charge >= 0.3 is 6.03 Å². The molecule has 42 heavy (non-hydrogen) atoms. The van der Waals surface area contributed by atoms with Crippen LogP contribution in [0.1, 0.15) is 25.8 Å². The molecule has 0 radical (unpaired) electrons. The Kier molecular flexibility index (Phi) is 9.77. The molecule has 0 aliphatic carbocycles. The van der Waals surface area contributed by atoms with Gasteiger partial charge in [0.15, 0.2) is 18.1 Å². The number of urea groups is 1. The van der Waals surface area contributed by atoms with Gasteiger partial charge in [-0.3, -0.25) is 19.7 Å². The fraction of sp³-hybridized carbons (Fsp3) is 0.200. The fourth-order valence-corrected chi connectivity index (χ4v) is 4.10. The second-order valence-electron chi connectivity index (χ2n) is 8.90. The third kappa shape index (κ3) is 7.24. The van der Waals surface area contributed by atoms with Crippen LogP contribution in [0.25, 0.3) is 6.08 Å². The van der Waals surface area contributed by atoms with E-state index in [-0.39, 0.29) is 27.6 Å². The number of halogens is 2. The zero-order valence-corrected chi connectivity index (χ0v) is 23.5. The number of nitrogens with zero attached hydrogens (tertiary/aromatic N) is 1. The molecule has 1 heterocycles. The van der Waals surface area contributed by atoms with Crippen molar-refractivity contribution in [3.8, 4) is 17.2 Å². The molecule has 1 aliphatic heterocycles. The topological polar surface area (TPSA) is 123 Å². The first-order valence-corrected chi connectivity index (χ1v) is 13.4. The van der Waals surface area contributed by atoms with Crippen LogP contribution in [0.4, 0.5) is 20.6 Å². The van der Waals surface area contributed by atoms with E-state index in [9.17, 15) is 23.6 Å². The van der Waals surface area contributed by atoms with Crippen LogP contribution in [-0.2, 0) is 14.4 Å². The zero-order chi connectivity index (χ0) is 30.2. The van der Waals surface area contributed by atoms with Gasteiger partial charge in [-0.05, 0) is 74.0 Å². The summed E-state index contributed by atoms with van der Waals surface area (Å²) in [6.45, 7) is 4.06. The fourth-order valence-electron chi connectivity index (χ4n) is 3.92. The molecule has 3 aromatic rings. The van der Waals surface area contributed by atoms with E-state index in [1.807, 2.05) is 6.92 Å². The SMILES string of the molecule is CCCOc1ccc(N2C(=O)NC(=O)/C(=C\c3cc(Cl)ccc3OCC(=O)Nc3ccc(F)cc3)C2=O)cc1OCC. The molecule has 0 saturated carbocycles. The van der Waals surface area contributed by atoms with Gasteiger partial charge in [-0.2, -0.15) is 0 Å². The van der Waals surface area contributed by atoms with E-state index >= 15 is 0 Å². The van der Waals surface area contributed by atoms with Crippen molar-refractivity contribution in [1.82, 2.24) is 5.32 Å². The first-order chi connectivity index (χ1) is 20.2. The van der Waals surface area contributed by atoms with Crippen LogP contribution in [0.3, 0.4) is 0 Å². The van der Waals surface area contributed by atoms with Gasteiger partial charge in [-0.1, -0.05) is 18.5 Å². The monoisotopic (exact) mass is 595 g/mol. The summed E-state index contributed by atoms with van der Waals surface area (Å²) in [7, 11) is 0. The number of barbiturate groups is 1. The maximum atomic E-state index is 13.5. The number of rotatable bonds is 11. The van der Waals surface area contributed by atoms with E-state index in [0.717, 1.165) is 11.3 Å². The summed E-state index contributed by atoms with van der Waals surface area (Å²) >= 11 is 6.17. The van der Waals surface area contributed by atoms with Gasteiger partial charge in [0.25, 0.3) is 17.7 Å². The Bertz CT molecular complexity index is 1540. The standard InChI is InChI=1S/C30H27ClFN3O7/c1-3-13-41-25-12-10-22(16-26(25)40-4-2)35-29(38)23(28(37)34-30(35)39)15-18-14-19(31)5-11-24(18)42-17-27(36)33-21-8-6-20(32)7-9-21/h5-12,14-16H,3-4,13,17H2,1-2H3,(H,33,36)(H,34,37,39)/b23-15+. The van der Waals surface area contributed by atoms with Crippen LogP contribution in [0.5, 0.6) is 17.2 Å². The molecule has 0 spiro atoms. The third-order valence-electron chi connectivity index (χ3n) is 5.81. The number of carbonyl (C=O) groups is 4. The Morgan fingerprint density at radius 1 is 0.952 bits per heavy atom. The van der Waals surface area contributed by atoms with E-state index < -0.39 is 36.2 Å². The van der Waals surface area contributed by atoms with Crippen molar-refractivity contribution in [2.75, 3.05) is 30.0 Å². The zero-order valence-electron chi connectivity index (χ0n) is 22.7. The van der Waals surface area contributed by atoms with Gasteiger partial charge in [-0.25, -0.2) is 14.1 Å². The minimum atomic E-state index is -0.938. The predicted molar refractivity (Wildman–Crippen MR) is 154 cm³/mol. The molecule has 1 fully saturated rings. The van der Waals surface area contributed by atoms with Crippen LogP contribution in [0, 0.1) is 5.82 Å². The number of hydrogen-bond acceptors (Lipinski definition) is 7. The summed E-state index contributed by atoms with van der Waals surface area (Å²) < 4.78 is 30.1. The van der Waals surface area contributed by atoms with Crippen molar-refractivity contribution < 1.29 is 37.8 Å². The number of carbonyl (C=O) groups excluding carboxylic acids is 4. The van der Waals surface area contributed by atoms with Crippen molar-refractivity contribution in [2.45, 2.75) is 20.3 Å². The summed E-state index contributed by atoms with van der Waals surface area (Å²) in [6.07, 6.45) is 1.99. The summed E-state index contributed by atoms with van der Waals surface area (Å²) in [5.74, 6) is -1.88. The number of amides is 5. The van der Waals surface area contributed by atoms with Crippen molar-refractivity contribution in [3.63, 3.8) is 0 Å². The molecule has 1 aliphatic rings. The highest BCUT2D eigenvalue weighted by atomic mass is 35.5. The molecule has 0 unspecified atom stereocenters. The van der Waals surface area contributed by atoms with Crippen molar-refractivity contribution in [2.24, 2.45) is 0 Å². The molecule has 218 valence electrons. The lowest BCUT2D eigenvalue weighted by Gasteiger charge is -2.27. The van der Waals surface area contributed by atoms with Crippen molar-refractivity contribution >= 4 is 52.8 Å². The Morgan fingerprint density at radius 3 is 2.40 bits per heavy atom. The van der Waals surface area contributed by atoms with E-state index in [0.29, 0.717) is 30.4 Å². The molecule has 3 aromatic carbocycles. The van der Waals surface area contributed by atoms with Gasteiger partial charge in [0.1, 0.15) is 17.1 Å². The number of anilines is 2. The molecular weight excluding hydrogens is 569 g/mol. The van der Waals surface area contributed by atoms with E-state index in [1.165, 1.54) is 60.7 Å². The van der Waals surface area contributed by atoms with Gasteiger partial charge in [0.2, 0.25) is 0 Å². The second kappa shape index (κ2) is 13.6. The normalized spacial score (nSPS) is 14.0. The number of nitrogens with one attached hydrogen (secondary N) is 2. The summed E-state index contributed by atoms with van der Waals surface area (Å²) in [5, 5.41) is 5.01. The minimum absolute atomic E-state index is 0.140. The first-order valence-electron chi connectivity index (χ1n) is 13.0. The summed E-state index contributed by atoms with van der Waals surface area (Å²) in [6, 6.07) is 13.2. The molecule has 12 heteroatoms. The molecule has 0 atom stereocenters. The largest absolute Gasteiger partial charge is 0.490 e. The molecule has 1 saturated heterocycles. The van der Waals surface area contributed by atoms with Crippen LogP contribution < -0.4 is 29.7 Å². The maximum absolute atomic E-state index is 13.5. The van der Waals surface area contributed by atoms with Gasteiger partial charge < -0.3 is 19.5 Å². The Balaban J connectivity index is 1.59. The molecule has 2 N–H and O–H groups in total. The quantitative estimate of drug-likeness (QED) is 0.226.